The van der Waals surface area contributed by atoms with Gasteiger partial charge in [0, 0.05) is 36.8 Å². The van der Waals surface area contributed by atoms with E-state index in [1.165, 1.54) is 11.8 Å². The highest BCUT2D eigenvalue weighted by atomic mass is 35.5. The second kappa shape index (κ2) is 8.62. The monoisotopic (exact) mass is 372 g/mol. The second-order valence-corrected chi connectivity index (χ2v) is 7.48. The first-order valence-corrected chi connectivity index (χ1v) is 9.72. The molecule has 0 bridgehead atoms. The van der Waals surface area contributed by atoms with E-state index in [9.17, 15) is 4.79 Å². The molecule has 3 rings (SSSR count). The van der Waals surface area contributed by atoms with Crippen molar-refractivity contribution in [2.24, 2.45) is 0 Å². The number of halogens is 1. The van der Waals surface area contributed by atoms with Gasteiger partial charge >= 0.3 is 0 Å². The number of hydrogen-bond donors (Lipinski definition) is 0. The molecular weight excluding hydrogens is 352 g/mol. The van der Waals surface area contributed by atoms with E-state index in [2.05, 4.69) is 29.7 Å². The molecule has 2 aliphatic heterocycles. The van der Waals surface area contributed by atoms with Crippen molar-refractivity contribution in [3.05, 3.63) is 56.8 Å². The number of carbonyl (C=O) groups excluding carboxylic acids is 1. The third-order valence-corrected chi connectivity index (χ3v) is 5.58. The van der Waals surface area contributed by atoms with Crippen molar-refractivity contribution in [3.63, 3.8) is 0 Å². The zero-order valence-electron chi connectivity index (χ0n) is 14.3. The van der Waals surface area contributed by atoms with E-state index >= 15 is 0 Å². The Balaban J connectivity index is 1.61. The maximum Gasteiger partial charge on any atom is 0.260 e. The van der Waals surface area contributed by atoms with Gasteiger partial charge in [0.25, 0.3) is 5.91 Å². The van der Waals surface area contributed by atoms with Crippen molar-refractivity contribution in [1.29, 1.82) is 0 Å². The normalized spacial score (nSPS) is 18.1. The Kier molecular flexibility index (Phi) is 6.25. The molecule has 1 aromatic carbocycles. The smallest absolute Gasteiger partial charge is 0.260 e. The molecular formula is C20H21ClN2OS. The number of allylic oxidation sites excluding steroid dienone is 3. The molecule has 25 heavy (non-hydrogen) atoms. The summed E-state index contributed by atoms with van der Waals surface area (Å²) in [6.07, 6.45) is 4.82. The van der Waals surface area contributed by atoms with Crippen LogP contribution in [0.25, 0.3) is 0 Å². The molecule has 0 atom stereocenters. The third-order valence-electron chi connectivity index (χ3n) is 4.30. The zero-order chi connectivity index (χ0) is 17.6. The van der Waals surface area contributed by atoms with Crippen LogP contribution in [0, 0.1) is 11.8 Å². The molecule has 1 fully saturated rings. The first kappa shape index (κ1) is 18.1. The average molecular weight is 373 g/mol. The van der Waals surface area contributed by atoms with E-state index in [1.54, 1.807) is 0 Å². The summed E-state index contributed by atoms with van der Waals surface area (Å²) in [6, 6.07) is 7.50. The van der Waals surface area contributed by atoms with E-state index in [0.717, 1.165) is 54.5 Å². The first-order valence-electron chi connectivity index (χ1n) is 8.53. The standard InChI is InChI=1S/C20H21ClN2OS/c1-2-22-11-13-23(14-12-22)20(24)19-8-4-7-18(25-19)10-9-16-5-3-6-17(21)15-16/h3,5-8,15H,2,4,11-14H2,1H3. The van der Waals surface area contributed by atoms with Crippen molar-refractivity contribution in [3.8, 4) is 11.8 Å². The molecule has 3 nitrogen and oxygen atoms in total. The minimum absolute atomic E-state index is 0.135. The van der Waals surface area contributed by atoms with Gasteiger partial charge in [0.1, 0.15) is 0 Å². The van der Waals surface area contributed by atoms with Crippen molar-refractivity contribution < 1.29 is 4.79 Å². The fourth-order valence-corrected chi connectivity index (χ4v) is 3.91. The molecule has 0 N–H and O–H groups in total. The fourth-order valence-electron chi connectivity index (χ4n) is 2.81. The maximum atomic E-state index is 12.7. The number of likely N-dealkylation sites (N-methyl/N-ethyl adjacent to an activating group) is 1. The Morgan fingerprint density at radius 2 is 2.00 bits per heavy atom. The molecule has 1 saturated heterocycles. The second-order valence-electron chi connectivity index (χ2n) is 5.96. The Bertz CT molecular complexity index is 767. The lowest BCUT2D eigenvalue weighted by atomic mass is 10.2. The lowest BCUT2D eigenvalue weighted by Gasteiger charge is -2.34. The summed E-state index contributed by atoms with van der Waals surface area (Å²) in [5, 5.41) is 0.680. The predicted molar refractivity (Wildman–Crippen MR) is 105 cm³/mol. The number of amides is 1. The van der Waals surface area contributed by atoms with E-state index < -0.39 is 0 Å². The predicted octanol–water partition coefficient (Wildman–Crippen LogP) is 3.76. The molecule has 0 unspecified atom stereocenters. The van der Waals surface area contributed by atoms with Gasteiger partial charge in [0.2, 0.25) is 0 Å². The van der Waals surface area contributed by atoms with Crippen LogP contribution in [0.15, 0.2) is 46.2 Å². The van der Waals surface area contributed by atoms with Crippen LogP contribution in [0.1, 0.15) is 18.9 Å². The van der Waals surface area contributed by atoms with E-state index in [0.29, 0.717) is 5.02 Å². The van der Waals surface area contributed by atoms with E-state index in [-0.39, 0.29) is 5.91 Å². The molecule has 0 aromatic heterocycles. The molecule has 2 heterocycles. The summed E-state index contributed by atoms with van der Waals surface area (Å²) in [5.41, 5.74) is 0.882. The van der Waals surface area contributed by atoms with Gasteiger partial charge in [-0.15, -0.1) is 0 Å². The highest BCUT2D eigenvalue weighted by molar-refractivity contribution is 8.07. The van der Waals surface area contributed by atoms with Gasteiger partial charge in [0.15, 0.2) is 0 Å². The van der Waals surface area contributed by atoms with Gasteiger partial charge < -0.3 is 9.80 Å². The van der Waals surface area contributed by atoms with Gasteiger partial charge in [-0.05, 0) is 31.2 Å². The molecule has 0 spiro atoms. The third kappa shape index (κ3) is 4.92. The van der Waals surface area contributed by atoms with Crippen molar-refractivity contribution in [2.75, 3.05) is 32.7 Å². The Hall–Kier alpha value is -1.67. The van der Waals surface area contributed by atoms with E-state index in [1.807, 2.05) is 35.2 Å². The summed E-state index contributed by atoms with van der Waals surface area (Å²) in [5.74, 6) is 6.43. The summed E-state index contributed by atoms with van der Waals surface area (Å²) in [7, 11) is 0. The molecule has 130 valence electrons. The van der Waals surface area contributed by atoms with E-state index in [4.69, 9.17) is 11.6 Å². The molecule has 2 aliphatic rings. The average Bonchev–Trinajstić information content (AvgIpc) is 2.66. The van der Waals surface area contributed by atoms with Crippen LogP contribution in [0.4, 0.5) is 0 Å². The van der Waals surface area contributed by atoms with Crippen molar-refractivity contribution >= 4 is 29.3 Å². The Morgan fingerprint density at radius 3 is 2.72 bits per heavy atom. The quantitative estimate of drug-likeness (QED) is 0.738. The number of rotatable bonds is 2. The van der Waals surface area contributed by atoms with Crippen LogP contribution < -0.4 is 0 Å². The number of benzene rings is 1. The highest BCUT2D eigenvalue weighted by Crippen LogP contribution is 2.31. The molecule has 0 saturated carbocycles. The minimum atomic E-state index is 0.135. The SMILES string of the molecule is CCN1CCN(C(=O)C2=CCC=C(C#Cc3cccc(Cl)c3)S2)CC1. The van der Waals surface area contributed by atoms with Gasteiger partial charge in [-0.2, -0.15) is 0 Å². The van der Waals surface area contributed by atoms with Crippen LogP contribution in [-0.4, -0.2) is 48.4 Å². The topological polar surface area (TPSA) is 23.6 Å². The Morgan fingerprint density at radius 1 is 1.20 bits per heavy atom. The lowest BCUT2D eigenvalue weighted by Crippen LogP contribution is -2.48. The van der Waals surface area contributed by atoms with Crippen LogP contribution in [0.3, 0.4) is 0 Å². The largest absolute Gasteiger partial charge is 0.336 e. The van der Waals surface area contributed by atoms with Gasteiger partial charge in [-0.1, -0.05) is 60.3 Å². The summed E-state index contributed by atoms with van der Waals surface area (Å²) < 4.78 is 0. The number of thioether (sulfide) groups is 1. The van der Waals surface area contributed by atoms with Crippen molar-refractivity contribution in [2.45, 2.75) is 13.3 Å². The van der Waals surface area contributed by atoms with Gasteiger partial charge in [-0.3, -0.25) is 4.79 Å². The summed E-state index contributed by atoms with van der Waals surface area (Å²) in [6.45, 7) is 6.72. The Labute approximate surface area is 158 Å². The number of carbonyl (C=O) groups is 1. The zero-order valence-corrected chi connectivity index (χ0v) is 15.9. The van der Waals surface area contributed by atoms with Crippen LogP contribution >= 0.6 is 23.4 Å². The molecule has 0 aliphatic carbocycles. The van der Waals surface area contributed by atoms with Crippen LogP contribution in [0.2, 0.25) is 5.02 Å². The molecule has 5 heteroatoms. The number of piperazine rings is 1. The molecule has 1 aromatic rings. The maximum absolute atomic E-state index is 12.7. The fraction of sp³-hybridized carbons (Fsp3) is 0.350. The first-order chi connectivity index (χ1) is 12.2. The lowest BCUT2D eigenvalue weighted by molar-refractivity contribution is -0.128. The number of hydrogen-bond acceptors (Lipinski definition) is 3. The van der Waals surface area contributed by atoms with Gasteiger partial charge in [0.05, 0.1) is 9.81 Å². The van der Waals surface area contributed by atoms with Crippen LogP contribution in [0.5, 0.6) is 0 Å². The van der Waals surface area contributed by atoms with Crippen LogP contribution in [-0.2, 0) is 4.79 Å². The molecule has 0 radical (unpaired) electrons. The minimum Gasteiger partial charge on any atom is -0.336 e. The van der Waals surface area contributed by atoms with Crippen molar-refractivity contribution in [1.82, 2.24) is 9.80 Å². The van der Waals surface area contributed by atoms with Gasteiger partial charge in [-0.25, -0.2) is 0 Å². The summed E-state index contributed by atoms with van der Waals surface area (Å²) >= 11 is 7.46. The number of nitrogens with zero attached hydrogens (tertiary/aromatic N) is 2. The highest BCUT2D eigenvalue weighted by Gasteiger charge is 2.24. The summed E-state index contributed by atoms with van der Waals surface area (Å²) in [4.78, 5) is 18.8. The molecule has 1 amide bonds.